The van der Waals surface area contributed by atoms with Crippen molar-refractivity contribution >= 4 is 27.7 Å². The van der Waals surface area contributed by atoms with Gasteiger partial charge in [-0.1, -0.05) is 50.2 Å². The first-order valence-electron chi connectivity index (χ1n) is 9.47. The number of hydrogen-bond donors (Lipinski definition) is 1. The first kappa shape index (κ1) is 18.1. The fourth-order valence-corrected chi connectivity index (χ4v) is 3.90. The lowest BCUT2D eigenvalue weighted by Crippen LogP contribution is -2.11. The maximum atomic E-state index is 12.1. The van der Waals surface area contributed by atoms with Crippen molar-refractivity contribution < 1.29 is 9.53 Å². The van der Waals surface area contributed by atoms with Crippen LogP contribution in [0.5, 0.6) is 5.75 Å². The molecule has 2 N–H and O–H groups in total. The van der Waals surface area contributed by atoms with Gasteiger partial charge in [0.05, 0.1) is 19.2 Å². The fraction of sp³-hybridized carbons (Fsp3) is 0.208. The maximum Gasteiger partial charge on any atom is 0.249 e. The molecule has 4 rings (SSSR count). The zero-order chi connectivity index (χ0) is 19.8. The molecule has 0 unspecified atom stereocenters. The normalized spacial score (nSPS) is 11.4. The van der Waals surface area contributed by atoms with Gasteiger partial charge < -0.3 is 15.0 Å². The number of ether oxygens (including phenoxy) is 1. The molecular weight excluding hydrogens is 348 g/mol. The molecule has 0 aliphatic carbocycles. The number of carbonyl (C=O) groups excluding carboxylic acids is 1. The molecule has 1 aromatic heterocycles. The molecule has 28 heavy (non-hydrogen) atoms. The molecule has 0 aliphatic heterocycles. The second-order valence-electron chi connectivity index (χ2n) is 7.39. The van der Waals surface area contributed by atoms with Crippen LogP contribution in [-0.4, -0.2) is 17.6 Å². The molecule has 0 saturated heterocycles. The molecule has 1 amide bonds. The quantitative estimate of drug-likeness (QED) is 0.531. The van der Waals surface area contributed by atoms with E-state index in [4.69, 9.17) is 10.5 Å². The number of aromatic nitrogens is 1. The average molecular weight is 372 g/mol. The largest absolute Gasteiger partial charge is 0.496 e. The van der Waals surface area contributed by atoms with Crippen molar-refractivity contribution in [2.45, 2.75) is 26.3 Å². The van der Waals surface area contributed by atoms with E-state index >= 15 is 0 Å². The highest BCUT2D eigenvalue weighted by Crippen LogP contribution is 2.35. The van der Waals surface area contributed by atoms with E-state index in [-0.39, 0.29) is 0 Å². The molecule has 4 aromatic rings. The number of methoxy groups -OCH3 is 1. The van der Waals surface area contributed by atoms with Crippen LogP contribution >= 0.6 is 0 Å². The second-order valence-corrected chi connectivity index (χ2v) is 7.39. The molecule has 0 fully saturated rings. The van der Waals surface area contributed by atoms with E-state index in [1.165, 1.54) is 5.56 Å². The summed E-state index contributed by atoms with van der Waals surface area (Å²) < 4.78 is 7.81. The van der Waals surface area contributed by atoms with Crippen LogP contribution in [0.25, 0.3) is 21.8 Å². The SMILES string of the molecule is COc1ccccc1Cn1c2cc(C(C)C)ccc2c2c(C(N)=O)cccc21. The first-order chi connectivity index (χ1) is 13.5. The van der Waals surface area contributed by atoms with Crippen LogP contribution < -0.4 is 10.5 Å². The fourth-order valence-electron chi connectivity index (χ4n) is 3.90. The third kappa shape index (κ3) is 2.91. The second kappa shape index (κ2) is 7.04. The molecular formula is C24H24N2O2. The molecule has 1 heterocycles. The Kier molecular flexibility index (Phi) is 4.55. The van der Waals surface area contributed by atoms with Crippen molar-refractivity contribution in [2.75, 3.05) is 7.11 Å². The number of primary amides is 1. The highest BCUT2D eigenvalue weighted by Gasteiger charge is 2.18. The Hall–Kier alpha value is -3.27. The van der Waals surface area contributed by atoms with E-state index in [2.05, 4.69) is 42.7 Å². The van der Waals surface area contributed by atoms with Crippen molar-refractivity contribution in [3.63, 3.8) is 0 Å². The average Bonchev–Trinajstić information content (AvgIpc) is 3.01. The van der Waals surface area contributed by atoms with Gasteiger partial charge in [0.25, 0.3) is 0 Å². The van der Waals surface area contributed by atoms with Crippen LogP contribution in [0.2, 0.25) is 0 Å². The molecule has 4 heteroatoms. The monoisotopic (exact) mass is 372 g/mol. The Bertz CT molecular complexity index is 1190. The number of amides is 1. The van der Waals surface area contributed by atoms with Gasteiger partial charge in [0.1, 0.15) is 5.75 Å². The van der Waals surface area contributed by atoms with E-state index in [1.54, 1.807) is 13.2 Å². The summed E-state index contributed by atoms with van der Waals surface area (Å²) in [5.74, 6) is 0.858. The number of rotatable bonds is 5. The standard InChI is InChI=1S/C24H24N2O2/c1-15(2)16-11-12-18-21(13-16)26(14-17-7-4-5-10-22(17)28-3)20-9-6-8-19(23(18)20)24(25)27/h4-13,15H,14H2,1-3H3,(H2,25,27). The van der Waals surface area contributed by atoms with E-state index in [1.807, 2.05) is 30.3 Å². The van der Waals surface area contributed by atoms with Crippen LogP contribution in [0.4, 0.5) is 0 Å². The highest BCUT2D eigenvalue weighted by atomic mass is 16.5. The molecule has 3 aromatic carbocycles. The Morgan fingerprint density at radius 1 is 1.04 bits per heavy atom. The molecule has 0 spiro atoms. The van der Waals surface area contributed by atoms with Crippen molar-refractivity contribution in [3.05, 3.63) is 77.4 Å². The van der Waals surface area contributed by atoms with Gasteiger partial charge in [-0.2, -0.15) is 0 Å². The van der Waals surface area contributed by atoms with E-state index in [0.717, 1.165) is 33.1 Å². The number of nitrogens with two attached hydrogens (primary N) is 1. The molecule has 0 atom stereocenters. The maximum absolute atomic E-state index is 12.1. The third-order valence-electron chi connectivity index (χ3n) is 5.37. The van der Waals surface area contributed by atoms with Gasteiger partial charge in [0.15, 0.2) is 0 Å². The van der Waals surface area contributed by atoms with E-state index in [9.17, 15) is 4.79 Å². The van der Waals surface area contributed by atoms with Gasteiger partial charge in [-0.3, -0.25) is 4.79 Å². The molecule has 0 saturated carbocycles. The van der Waals surface area contributed by atoms with Crippen LogP contribution in [0, 0.1) is 0 Å². The number of carbonyl (C=O) groups is 1. The predicted molar refractivity (Wildman–Crippen MR) is 114 cm³/mol. The Labute approximate surface area is 164 Å². The van der Waals surface area contributed by atoms with Crippen LogP contribution in [-0.2, 0) is 6.54 Å². The van der Waals surface area contributed by atoms with Gasteiger partial charge in [-0.05, 0) is 35.7 Å². The topological polar surface area (TPSA) is 57.2 Å². The van der Waals surface area contributed by atoms with Gasteiger partial charge in [0, 0.05) is 27.4 Å². The van der Waals surface area contributed by atoms with Gasteiger partial charge in [-0.15, -0.1) is 0 Å². The van der Waals surface area contributed by atoms with Crippen LogP contribution in [0.15, 0.2) is 60.7 Å². The van der Waals surface area contributed by atoms with Gasteiger partial charge in [0.2, 0.25) is 5.91 Å². The number of nitrogens with zero attached hydrogens (tertiary/aromatic N) is 1. The van der Waals surface area contributed by atoms with Gasteiger partial charge in [-0.25, -0.2) is 0 Å². The van der Waals surface area contributed by atoms with E-state index < -0.39 is 5.91 Å². The number of fused-ring (bicyclic) bond motifs is 3. The molecule has 0 bridgehead atoms. The summed E-state index contributed by atoms with van der Waals surface area (Å²) >= 11 is 0. The summed E-state index contributed by atoms with van der Waals surface area (Å²) in [6.45, 7) is 5.01. The Morgan fingerprint density at radius 2 is 1.82 bits per heavy atom. The smallest absolute Gasteiger partial charge is 0.249 e. The van der Waals surface area contributed by atoms with Crippen molar-refractivity contribution in [1.82, 2.24) is 4.57 Å². The number of para-hydroxylation sites is 1. The van der Waals surface area contributed by atoms with Crippen molar-refractivity contribution in [1.29, 1.82) is 0 Å². The summed E-state index contributed by atoms with van der Waals surface area (Å²) in [6, 6.07) is 20.2. The van der Waals surface area contributed by atoms with Crippen LogP contribution in [0.1, 0.15) is 41.3 Å². The minimum atomic E-state index is -0.408. The van der Waals surface area contributed by atoms with Crippen molar-refractivity contribution in [3.8, 4) is 5.75 Å². The highest BCUT2D eigenvalue weighted by molar-refractivity contribution is 6.18. The van der Waals surface area contributed by atoms with Crippen LogP contribution in [0.3, 0.4) is 0 Å². The first-order valence-corrected chi connectivity index (χ1v) is 9.47. The molecule has 0 radical (unpaired) electrons. The zero-order valence-electron chi connectivity index (χ0n) is 16.4. The minimum Gasteiger partial charge on any atom is -0.496 e. The lowest BCUT2D eigenvalue weighted by molar-refractivity contribution is 0.100. The number of benzene rings is 3. The summed E-state index contributed by atoms with van der Waals surface area (Å²) in [7, 11) is 1.69. The number of hydrogen-bond acceptors (Lipinski definition) is 2. The molecule has 142 valence electrons. The Balaban J connectivity index is 2.05. The lowest BCUT2D eigenvalue weighted by atomic mass is 10.00. The minimum absolute atomic E-state index is 0.408. The summed E-state index contributed by atoms with van der Waals surface area (Å²) in [5.41, 5.74) is 10.7. The molecule has 4 nitrogen and oxygen atoms in total. The Morgan fingerprint density at radius 3 is 2.54 bits per heavy atom. The third-order valence-corrected chi connectivity index (χ3v) is 5.37. The van der Waals surface area contributed by atoms with Crippen molar-refractivity contribution in [2.24, 2.45) is 5.73 Å². The summed E-state index contributed by atoms with van der Waals surface area (Å²) in [5, 5.41) is 1.96. The summed E-state index contributed by atoms with van der Waals surface area (Å²) in [4.78, 5) is 12.1. The summed E-state index contributed by atoms with van der Waals surface area (Å²) in [6.07, 6.45) is 0. The zero-order valence-corrected chi connectivity index (χ0v) is 16.4. The lowest BCUT2D eigenvalue weighted by Gasteiger charge is -2.13. The molecule has 0 aliphatic rings. The van der Waals surface area contributed by atoms with E-state index in [0.29, 0.717) is 18.0 Å². The predicted octanol–water partition coefficient (Wildman–Crippen LogP) is 5.07. The van der Waals surface area contributed by atoms with Gasteiger partial charge >= 0.3 is 0 Å².